The Kier molecular flexibility index (Phi) is 4.59. The van der Waals surface area contributed by atoms with Gasteiger partial charge in [-0.1, -0.05) is 31.4 Å². The number of hydrogen-bond acceptors (Lipinski definition) is 2. The minimum atomic E-state index is 0.593. The molecule has 1 aliphatic carbocycles. The molecule has 0 aliphatic heterocycles. The predicted molar refractivity (Wildman–Crippen MR) is 88.3 cm³/mol. The van der Waals surface area contributed by atoms with Gasteiger partial charge in [-0.25, -0.2) is 4.98 Å². The van der Waals surface area contributed by atoms with Gasteiger partial charge < -0.3 is 9.88 Å². The summed E-state index contributed by atoms with van der Waals surface area (Å²) >= 11 is 0. The minimum Gasteiger partial charge on any atom is -0.327 e. The smallest absolute Gasteiger partial charge is 0.123 e. The van der Waals surface area contributed by atoms with E-state index >= 15 is 0 Å². The number of nitrogens with one attached hydrogen (secondary N) is 1. The number of fused-ring (bicyclic) bond motifs is 1. The third kappa shape index (κ3) is 3.13. The fourth-order valence-electron chi connectivity index (χ4n) is 3.67. The number of imidazole rings is 1. The van der Waals surface area contributed by atoms with Crippen molar-refractivity contribution in [1.29, 1.82) is 0 Å². The van der Waals surface area contributed by atoms with Gasteiger partial charge in [-0.2, -0.15) is 0 Å². The van der Waals surface area contributed by atoms with Crippen LogP contribution in [0.2, 0.25) is 0 Å². The quantitative estimate of drug-likeness (QED) is 0.895. The van der Waals surface area contributed by atoms with Gasteiger partial charge in [0.15, 0.2) is 0 Å². The van der Waals surface area contributed by atoms with Gasteiger partial charge in [-0.15, -0.1) is 0 Å². The molecule has 0 bridgehead atoms. The standard InChI is InChI=1S/C18H27N3/c1-3-21-17-12-8-7-11-16(17)20-18(21)13-19-14(2)15-9-5-4-6-10-15/h7-8,11-12,14-15,19H,3-6,9-10,13H2,1-2H3/t14-/m1/s1. The molecule has 1 heterocycles. The molecular formula is C18H27N3. The second-order valence-electron chi connectivity index (χ2n) is 6.33. The molecule has 1 N–H and O–H groups in total. The monoisotopic (exact) mass is 285 g/mol. The van der Waals surface area contributed by atoms with Gasteiger partial charge in [0.1, 0.15) is 5.82 Å². The lowest BCUT2D eigenvalue weighted by Gasteiger charge is -2.28. The van der Waals surface area contributed by atoms with Gasteiger partial charge in [-0.05, 0) is 44.7 Å². The molecular weight excluding hydrogens is 258 g/mol. The number of hydrogen-bond donors (Lipinski definition) is 1. The van der Waals surface area contributed by atoms with E-state index in [0.717, 1.165) is 24.5 Å². The van der Waals surface area contributed by atoms with Gasteiger partial charge in [-0.3, -0.25) is 0 Å². The van der Waals surface area contributed by atoms with E-state index in [1.807, 2.05) is 0 Å². The highest BCUT2D eigenvalue weighted by molar-refractivity contribution is 5.75. The average molecular weight is 285 g/mol. The Balaban J connectivity index is 1.69. The van der Waals surface area contributed by atoms with Crippen LogP contribution in [-0.4, -0.2) is 15.6 Å². The molecule has 0 unspecified atom stereocenters. The lowest BCUT2D eigenvalue weighted by atomic mass is 9.84. The van der Waals surface area contributed by atoms with Gasteiger partial charge >= 0.3 is 0 Å². The van der Waals surface area contributed by atoms with Crippen LogP contribution in [0.3, 0.4) is 0 Å². The molecule has 21 heavy (non-hydrogen) atoms. The first-order valence-electron chi connectivity index (χ1n) is 8.47. The number of aromatic nitrogens is 2. The maximum absolute atomic E-state index is 4.80. The molecule has 2 aromatic rings. The Labute approximate surface area is 127 Å². The largest absolute Gasteiger partial charge is 0.327 e. The van der Waals surface area contributed by atoms with Crippen molar-refractivity contribution < 1.29 is 0 Å². The summed E-state index contributed by atoms with van der Waals surface area (Å²) in [5.41, 5.74) is 2.36. The van der Waals surface area contributed by atoms with E-state index in [1.165, 1.54) is 43.4 Å². The lowest BCUT2D eigenvalue weighted by Crippen LogP contribution is -2.34. The highest BCUT2D eigenvalue weighted by Gasteiger charge is 2.20. The first kappa shape index (κ1) is 14.6. The molecule has 0 radical (unpaired) electrons. The first-order valence-corrected chi connectivity index (χ1v) is 8.47. The van der Waals surface area contributed by atoms with Crippen LogP contribution < -0.4 is 5.32 Å². The van der Waals surface area contributed by atoms with Crippen LogP contribution in [0, 0.1) is 5.92 Å². The zero-order valence-electron chi connectivity index (χ0n) is 13.3. The molecule has 0 saturated heterocycles. The summed E-state index contributed by atoms with van der Waals surface area (Å²) in [4.78, 5) is 4.80. The highest BCUT2D eigenvalue weighted by Crippen LogP contribution is 2.26. The summed E-state index contributed by atoms with van der Waals surface area (Å²) in [6.45, 7) is 6.40. The van der Waals surface area contributed by atoms with E-state index < -0.39 is 0 Å². The summed E-state index contributed by atoms with van der Waals surface area (Å²) in [6.07, 6.45) is 7.01. The SMILES string of the molecule is CCn1c(CN[C@H](C)C2CCCCC2)nc2ccccc21. The van der Waals surface area contributed by atoms with E-state index in [-0.39, 0.29) is 0 Å². The van der Waals surface area contributed by atoms with Crippen LogP contribution in [-0.2, 0) is 13.1 Å². The van der Waals surface area contributed by atoms with E-state index in [1.54, 1.807) is 0 Å². The Morgan fingerprint density at radius 3 is 2.76 bits per heavy atom. The van der Waals surface area contributed by atoms with Gasteiger partial charge in [0.2, 0.25) is 0 Å². The highest BCUT2D eigenvalue weighted by atomic mass is 15.1. The molecule has 3 rings (SSSR count). The molecule has 1 fully saturated rings. The maximum Gasteiger partial charge on any atom is 0.123 e. The summed E-state index contributed by atoms with van der Waals surface area (Å²) in [6, 6.07) is 9.03. The number of benzene rings is 1. The van der Waals surface area contributed by atoms with E-state index in [4.69, 9.17) is 4.98 Å². The van der Waals surface area contributed by atoms with Crippen molar-refractivity contribution in [1.82, 2.24) is 14.9 Å². The van der Waals surface area contributed by atoms with Crippen molar-refractivity contribution >= 4 is 11.0 Å². The van der Waals surface area contributed by atoms with Crippen molar-refractivity contribution in [2.24, 2.45) is 5.92 Å². The summed E-state index contributed by atoms with van der Waals surface area (Å²) in [7, 11) is 0. The summed E-state index contributed by atoms with van der Waals surface area (Å²) < 4.78 is 2.33. The van der Waals surface area contributed by atoms with Crippen molar-refractivity contribution in [3.63, 3.8) is 0 Å². The van der Waals surface area contributed by atoms with Crippen molar-refractivity contribution in [3.8, 4) is 0 Å². The van der Waals surface area contributed by atoms with Crippen LogP contribution in [0.5, 0.6) is 0 Å². The van der Waals surface area contributed by atoms with Gasteiger partial charge in [0, 0.05) is 12.6 Å². The maximum atomic E-state index is 4.80. The molecule has 1 aromatic heterocycles. The third-order valence-electron chi connectivity index (χ3n) is 4.99. The number of para-hydroxylation sites is 2. The van der Waals surface area contributed by atoms with E-state index in [2.05, 4.69) is 48.0 Å². The van der Waals surface area contributed by atoms with Crippen molar-refractivity contribution in [2.45, 2.75) is 65.1 Å². The van der Waals surface area contributed by atoms with E-state index in [9.17, 15) is 0 Å². The number of aryl methyl sites for hydroxylation is 1. The lowest BCUT2D eigenvalue weighted by molar-refractivity contribution is 0.278. The van der Waals surface area contributed by atoms with Crippen molar-refractivity contribution in [2.75, 3.05) is 0 Å². The number of nitrogens with zero attached hydrogens (tertiary/aromatic N) is 2. The Bertz CT molecular complexity index is 581. The molecule has 0 spiro atoms. The Morgan fingerprint density at radius 2 is 2.00 bits per heavy atom. The van der Waals surface area contributed by atoms with Crippen LogP contribution >= 0.6 is 0 Å². The normalized spacial score (nSPS) is 18.2. The second kappa shape index (κ2) is 6.61. The first-order chi connectivity index (χ1) is 10.3. The van der Waals surface area contributed by atoms with Crippen LogP contribution in [0.1, 0.15) is 51.8 Å². The molecule has 3 heteroatoms. The zero-order chi connectivity index (χ0) is 14.7. The molecule has 1 atom stereocenters. The fourth-order valence-corrected chi connectivity index (χ4v) is 3.67. The molecule has 114 valence electrons. The van der Waals surface area contributed by atoms with Gasteiger partial charge in [0.05, 0.1) is 17.6 Å². The van der Waals surface area contributed by atoms with Crippen molar-refractivity contribution in [3.05, 3.63) is 30.1 Å². The average Bonchev–Trinajstić information content (AvgIpc) is 2.91. The predicted octanol–water partition coefficient (Wildman–Crippen LogP) is 4.11. The zero-order valence-corrected chi connectivity index (χ0v) is 13.3. The molecule has 1 aromatic carbocycles. The summed E-state index contributed by atoms with van der Waals surface area (Å²) in [5.74, 6) is 2.01. The molecule has 1 saturated carbocycles. The third-order valence-corrected chi connectivity index (χ3v) is 4.99. The van der Waals surface area contributed by atoms with Crippen LogP contribution in [0.15, 0.2) is 24.3 Å². The molecule has 0 amide bonds. The van der Waals surface area contributed by atoms with Crippen LogP contribution in [0.4, 0.5) is 0 Å². The van der Waals surface area contributed by atoms with E-state index in [0.29, 0.717) is 6.04 Å². The van der Waals surface area contributed by atoms with Gasteiger partial charge in [0.25, 0.3) is 0 Å². The summed E-state index contributed by atoms with van der Waals surface area (Å²) in [5, 5.41) is 3.72. The molecule has 1 aliphatic rings. The van der Waals surface area contributed by atoms with Crippen LogP contribution in [0.25, 0.3) is 11.0 Å². The number of rotatable bonds is 5. The Morgan fingerprint density at radius 1 is 1.24 bits per heavy atom. The fraction of sp³-hybridized carbons (Fsp3) is 0.611. The minimum absolute atomic E-state index is 0.593. The molecule has 3 nitrogen and oxygen atoms in total. The second-order valence-corrected chi connectivity index (χ2v) is 6.33. The Hall–Kier alpha value is -1.35. The topological polar surface area (TPSA) is 29.9 Å².